The topological polar surface area (TPSA) is 54.9 Å². The van der Waals surface area contributed by atoms with Crippen molar-refractivity contribution < 1.29 is 18.7 Å². The van der Waals surface area contributed by atoms with Gasteiger partial charge in [-0.2, -0.15) is 4.39 Å². The molecule has 0 aliphatic carbocycles. The van der Waals surface area contributed by atoms with Crippen LogP contribution in [-0.4, -0.2) is 78.8 Å². The van der Waals surface area contributed by atoms with Gasteiger partial charge < -0.3 is 14.4 Å². The fourth-order valence-corrected chi connectivity index (χ4v) is 3.41. The highest BCUT2D eigenvalue weighted by Crippen LogP contribution is 2.24. The smallest absolute Gasteiger partial charge is 0.254 e. The van der Waals surface area contributed by atoms with Crippen molar-refractivity contribution in [3.8, 4) is 0 Å². The quantitative estimate of drug-likeness (QED) is 0.775. The van der Waals surface area contributed by atoms with Gasteiger partial charge in [-0.3, -0.25) is 9.69 Å². The molecule has 1 spiro atoms. The Kier molecular flexibility index (Phi) is 5.43. The predicted octanol–water partition coefficient (Wildman–Crippen LogP) is 1.17. The number of halogens is 1. The molecule has 1 atom stereocenters. The summed E-state index contributed by atoms with van der Waals surface area (Å²) in [5.41, 5.74) is -0.203. The molecule has 2 aliphatic heterocycles. The molecule has 0 aromatic carbocycles. The lowest BCUT2D eigenvalue weighted by molar-refractivity contribution is -0.139. The molecule has 0 N–H and O–H groups in total. The molecule has 1 amide bonds. The summed E-state index contributed by atoms with van der Waals surface area (Å²) in [6.45, 7) is 7.30. The van der Waals surface area contributed by atoms with Gasteiger partial charge in [0, 0.05) is 37.5 Å². The van der Waals surface area contributed by atoms with Crippen LogP contribution in [0, 0.1) is 5.95 Å². The Morgan fingerprint density at radius 1 is 1.38 bits per heavy atom. The number of hydrogen-bond acceptors (Lipinski definition) is 5. The molecule has 3 heterocycles. The summed E-state index contributed by atoms with van der Waals surface area (Å²) in [5.74, 6) is -0.859. The van der Waals surface area contributed by atoms with E-state index in [1.165, 1.54) is 18.3 Å². The average Bonchev–Trinajstić information content (AvgIpc) is 2.77. The number of nitrogens with zero attached hydrogens (tertiary/aromatic N) is 3. The first-order valence-corrected chi connectivity index (χ1v) is 8.47. The van der Waals surface area contributed by atoms with Gasteiger partial charge in [0.2, 0.25) is 5.95 Å². The summed E-state index contributed by atoms with van der Waals surface area (Å²) >= 11 is 0. The van der Waals surface area contributed by atoms with E-state index in [4.69, 9.17) is 9.47 Å². The van der Waals surface area contributed by atoms with E-state index >= 15 is 0 Å². The molecule has 0 saturated carbocycles. The van der Waals surface area contributed by atoms with Gasteiger partial charge >= 0.3 is 0 Å². The summed E-state index contributed by atoms with van der Waals surface area (Å²) in [6.07, 6.45) is 2.39. The van der Waals surface area contributed by atoms with Crippen molar-refractivity contribution in [1.29, 1.82) is 0 Å². The Balaban J connectivity index is 1.76. The highest BCUT2D eigenvalue weighted by atomic mass is 19.1. The molecule has 2 aliphatic rings. The average molecular weight is 337 g/mol. The third kappa shape index (κ3) is 3.91. The van der Waals surface area contributed by atoms with E-state index < -0.39 is 11.5 Å². The van der Waals surface area contributed by atoms with Crippen LogP contribution in [0.4, 0.5) is 4.39 Å². The zero-order valence-corrected chi connectivity index (χ0v) is 14.0. The van der Waals surface area contributed by atoms with E-state index in [-0.39, 0.29) is 5.91 Å². The van der Waals surface area contributed by atoms with Crippen molar-refractivity contribution in [3.05, 3.63) is 29.8 Å². The number of carbonyl (C=O) groups excluding carboxylic acids is 1. The number of carbonyl (C=O) groups is 1. The lowest BCUT2D eigenvalue weighted by Crippen LogP contribution is -2.59. The van der Waals surface area contributed by atoms with Crippen LogP contribution < -0.4 is 0 Å². The zero-order chi connectivity index (χ0) is 17.0. The Hall–Kier alpha value is -1.57. The summed E-state index contributed by atoms with van der Waals surface area (Å²) < 4.78 is 25.1. The molecule has 0 radical (unpaired) electrons. The van der Waals surface area contributed by atoms with Gasteiger partial charge in [0.15, 0.2) is 0 Å². The van der Waals surface area contributed by atoms with Gasteiger partial charge in [-0.25, -0.2) is 4.98 Å². The number of aromatic nitrogens is 1. The van der Waals surface area contributed by atoms with Crippen molar-refractivity contribution in [3.63, 3.8) is 0 Å². The molecule has 7 heteroatoms. The third-order valence-corrected chi connectivity index (χ3v) is 4.48. The second kappa shape index (κ2) is 7.55. The standard InChI is InChI=1S/C17H24FN3O3/c1-2-5-20-6-9-24-17(11-20)12-21(7-8-23-13-17)16(22)14-3-4-19-15(18)10-14/h3-4,10H,2,5-9,11-13H2,1H3/t17-/m1/s1. The number of hydrogen-bond donors (Lipinski definition) is 0. The maximum absolute atomic E-state index is 13.3. The highest BCUT2D eigenvalue weighted by Gasteiger charge is 2.41. The third-order valence-electron chi connectivity index (χ3n) is 4.48. The van der Waals surface area contributed by atoms with Crippen LogP contribution >= 0.6 is 0 Å². The van der Waals surface area contributed by atoms with Crippen LogP contribution in [0.1, 0.15) is 23.7 Å². The molecule has 132 valence electrons. The van der Waals surface area contributed by atoms with E-state index in [1.807, 2.05) is 0 Å². The number of rotatable bonds is 3. The van der Waals surface area contributed by atoms with Gasteiger partial charge in [0.1, 0.15) is 5.60 Å². The summed E-state index contributed by atoms with van der Waals surface area (Å²) in [4.78, 5) is 20.3. The van der Waals surface area contributed by atoms with Gasteiger partial charge in [-0.05, 0) is 19.0 Å². The number of morpholine rings is 1. The lowest BCUT2D eigenvalue weighted by atomic mass is 10.0. The van der Waals surface area contributed by atoms with Gasteiger partial charge in [0.25, 0.3) is 5.91 Å². The minimum Gasteiger partial charge on any atom is -0.376 e. The first kappa shape index (κ1) is 17.3. The molecule has 0 unspecified atom stereocenters. The largest absolute Gasteiger partial charge is 0.376 e. The number of pyridine rings is 1. The van der Waals surface area contributed by atoms with Crippen LogP contribution in [0.25, 0.3) is 0 Å². The lowest BCUT2D eigenvalue weighted by Gasteiger charge is -2.43. The molecular weight excluding hydrogens is 313 g/mol. The minimum absolute atomic E-state index is 0.211. The van der Waals surface area contributed by atoms with Gasteiger partial charge in [-0.1, -0.05) is 6.92 Å². The molecule has 6 nitrogen and oxygen atoms in total. The minimum atomic E-state index is -0.648. The monoisotopic (exact) mass is 337 g/mol. The van der Waals surface area contributed by atoms with Crippen LogP contribution in [0.5, 0.6) is 0 Å². The first-order chi connectivity index (χ1) is 11.6. The maximum Gasteiger partial charge on any atom is 0.254 e. The van der Waals surface area contributed by atoms with E-state index in [2.05, 4.69) is 16.8 Å². The normalized spacial score (nSPS) is 25.7. The molecule has 3 rings (SSSR count). The molecule has 2 fully saturated rings. The molecule has 24 heavy (non-hydrogen) atoms. The Morgan fingerprint density at radius 2 is 2.25 bits per heavy atom. The number of amides is 1. The van der Waals surface area contributed by atoms with E-state index in [0.717, 1.165) is 26.1 Å². The Bertz CT molecular complexity index is 584. The molecule has 1 aromatic heterocycles. The van der Waals surface area contributed by atoms with Crippen molar-refractivity contribution >= 4 is 5.91 Å². The van der Waals surface area contributed by atoms with E-state index in [0.29, 0.717) is 38.5 Å². The zero-order valence-electron chi connectivity index (χ0n) is 14.0. The fourth-order valence-electron chi connectivity index (χ4n) is 3.41. The molecular formula is C17H24FN3O3. The van der Waals surface area contributed by atoms with E-state index in [9.17, 15) is 9.18 Å². The number of ether oxygens (including phenoxy) is 2. The SMILES string of the molecule is CCCN1CCO[C@]2(COCCN(C(=O)c3ccnc(F)c3)C2)C1. The van der Waals surface area contributed by atoms with Crippen molar-refractivity contribution in [2.24, 2.45) is 0 Å². The highest BCUT2D eigenvalue weighted by molar-refractivity contribution is 5.94. The Labute approximate surface area is 141 Å². The summed E-state index contributed by atoms with van der Waals surface area (Å²) in [5, 5.41) is 0. The van der Waals surface area contributed by atoms with Crippen LogP contribution in [0.2, 0.25) is 0 Å². The molecule has 1 aromatic rings. The second-order valence-electron chi connectivity index (χ2n) is 6.45. The van der Waals surface area contributed by atoms with E-state index in [1.54, 1.807) is 4.90 Å². The van der Waals surface area contributed by atoms with Crippen molar-refractivity contribution in [2.75, 3.05) is 52.5 Å². The summed E-state index contributed by atoms with van der Waals surface area (Å²) in [6, 6.07) is 2.71. The van der Waals surface area contributed by atoms with Crippen molar-refractivity contribution in [1.82, 2.24) is 14.8 Å². The Morgan fingerprint density at radius 3 is 3.04 bits per heavy atom. The van der Waals surface area contributed by atoms with Crippen LogP contribution in [-0.2, 0) is 9.47 Å². The molecule has 2 saturated heterocycles. The first-order valence-electron chi connectivity index (χ1n) is 8.47. The molecule has 0 bridgehead atoms. The fraction of sp³-hybridized carbons (Fsp3) is 0.647. The van der Waals surface area contributed by atoms with Crippen LogP contribution in [0.3, 0.4) is 0 Å². The van der Waals surface area contributed by atoms with Gasteiger partial charge in [-0.15, -0.1) is 0 Å². The second-order valence-corrected chi connectivity index (χ2v) is 6.45. The van der Waals surface area contributed by atoms with Crippen molar-refractivity contribution in [2.45, 2.75) is 18.9 Å². The predicted molar refractivity (Wildman–Crippen MR) is 86.3 cm³/mol. The van der Waals surface area contributed by atoms with Gasteiger partial charge in [0.05, 0.1) is 26.4 Å². The summed E-state index contributed by atoms with van der Waals surface area (Å²) in [7, 11) is 0. The maximum atomic E-state index is 13.3. The van der Waals surface area contributed by atoms with Crippen LogP contribution in [0.15, 0.2) is 18.3 Å².